The first-order valence-electron chi connectivity index (χ1n) is 9.60. The fourth-order valence-electron chi connectivity index (χ4n) is 4.12. The summed E-state index contributed by atoms with van der Waals surface area (Å²) in [6.45, 7) is 6.16. The van der Waals surface area contributed by atoms with E-state index in [4.69, 9.17) is 0 Å². The molecule has 3 saturated heterocycles. The standard InChI is InChI=1S/C18H26N6O2/c25-16-15-5-3-10-23(15)18(26)24(16)9-2-1-8-21-11-13-22(14-12-21)17-19-6-4-7-20-17/h4,6-7,15H,1-3,5,8-14H2/t15-/m1/s1. The number of nitrogens with zero attached hydrogens (tertiary/aromatic N) is 6. The number of fused-ring (bicyclic) bond motifs is 1. The van der Waals surface area contributed by atoms with Crippen molar-refractivity contribution < 1.29 is 9.59 Å². The lowest BCUT2D eigenvalue weighted by molar-refractivity contribution is -0.128. The third-order valence-corrected chi connectivity index (χ3v) is 5.59. The minimum absolute atomic E-state index is 0.0176. The van der Waals surface area contributed by atoms with E-state index in [1.165, 1.54) is 4.90 Å². The van der Waals surface area contributed by atoms with Gasteiger partial charge in [-0.3, -0.25) is 14.6 Å². The Bertz CT molecular complexity index is 624. The molecule has 1 aromatic rings. The van der Waals surface area contributed by atoms with Crippen LogP contribution in [0.4, 0.5) is 10.7 Å². The zero-order valence-electron chi connectivity index (χ0n) is 15.1. The van der Waals surface area contributed by atoms with Crippen molar-refractivity contribution in [1.82, 2.24) is 24.7 Å². The molecule has 1 atom stereocenters. The summed E-state index contributed by atoms with van der Waals surface area (Å²) < 4.78 is 0. The number of carbonyl (C=O) groups excluding carboxylic acids is 2. The van der Waals surface area contributed by atoms with Crippen LogP contribution in [0.15, 0.2) is 18.5 Å². The number of rotatable bonds is 6. The molecule has 0 saturated carbocycles. The summed E-state index contributed by atoms with van der Waals surface area (Å²) in [6, 6.07) is 1.59. The van der Waals surface area contributed by atoms with Crippen LogP contribution in [0.5, 0.6) is 0 Å². The fraction of sp³-hybridized carbons (Fsp3) is 0.667. The molecule has 0 unspecified atom stereocenters. The van der Waals surface area contributed by atoms with Crippen LogP contribution in [-0.2, 0) is 4.79 Å². The Labute approximate surface area is 153 Å². The van der Waals surface area contributed by atoms with Crippen molar-refractivity contribution in [2.45, 2.75) is 31.7 Å². The van der Waals surface area contributed by atoms with E-state index in [0.717, 1.165) is 70.9 Å². The van der Waals surface area contributed by atoms with E-state index >= 15 is 0 Å². The third-order valence-electron chi connectivity index (χ3n) is 5.59. The van der Waals surface area contributed by atoms with Crippen LogP contribution >= 0.6 is 0 Å². The lowest BCUT2D eigenvalue weighted by Gasteiger charge is -2.34. The molecule has 1 aromatic heterocycles. The van der Waals surface area contributed by atoms with Gasteiger partial charge in [0.1, 0.15) is 6.04 Å². The maximum absolute atomic E-state index is 12.3. The van der Waals surface area contributed by atoms with Gasteiger partial charge >= 0.3 is 6.03 Å². The fourth-order valence-corrected chi connectivity index (χ4v) is 4.12. The number of hydrogen-bond acceptors (Lipinski definition) is 6. The highest BCUT2D eigenvalue weighted by Gasteiger charge is 2.46. The summed E-state index contributed by atoms with van der Waals surface area (Å²) in [4.78, 5) is 41.0. The van der Waals surface area contributed by atoms with Gasteiger partial charge in [0.2, 0.25) is 5.95 Å². The highest BCUT2D eigenvalue weighted by atomic mass is 16.2. The summed E-state index contributed by atoms with van der Waals surface area (Å²) in [7, 11) is 0. The van der Waals surface area contributed by atoms with Gasteiger partial charge in [-0.25, -0.2) is 14.8 Å². The zero-order chi connectivity index (χ0) is 17.9. The summed E-state index contributed by atoms with van der Waals surface area (Å²) in [5.74, 6) is 0.822. The Hall–Kier alpha value is -2.22. The average Bonchev–Trinajstić information content (AvgIpc) is 3.25. The van der Waals surface area contributed by atoms with E-state index in [1.807, 2.05) is 6.07 Å². The number of urea groups is 1. The quantitative estimate of drug-likeness (QED) is 0.553. The Morgan fingerprint density at radius 3 is 2.42 bits per heavy atom. The van der Waals surface area contributed by atoms with Gasteiger partial charge in [-0.2, -0.15) is 0 Å². The smallest absolute Gasteiger partial charge is 0.327 e. The molecule has 26 heavy (non-hydrogen) atoms. The number of imide groups is 1. The van der Waals surface area contributed by atoms with E-state index in [1.54, 1.807) is 17.3 Å². The highest BCUT2D eigenvalue weighted by Crippen LogP contribution is 2.27. The second-order valence-corrected chi connectivity index (χ2v) is 7.21. The molecule has 8 heteroatoms. The first-order chi connectivity index (χ1) is 12.7. The van der Waals surface area contributed by atoms with Gasteiger partial charge in [0, 0.05) is 51.7 Å². The monoisotopic (exact) mass is 358 g/mol. The highest BCUT2D eigenvalue weighted by molar-refractivity contribution is 6.04. The molecule has 4 rings (SSSR count). The van der Waals surface area contributed by atoms with E-state index in [0.29, 0.717) is 6.54 Å². The molecule has 3 fully saturated rings. The average molecular weight is 358 g/mol. The van der Waals surface area contributed by atoms with Gasteiger partial charge in [-0.1, -0.05) is 0 Å². The largest absolute Gasteiger partial charge is 0.338 e. The Balaban J connectivity index is 1.16. The van der Waals surface area contributed by atoms with Crippen molar-refractivity contribution in [2.75, 3.05) is 50.7 Å². The Morgan fingerprint density at radius 1 is 0.962 bits per heavy atom. The van der Waals surface area contributed by atoms with Crippen molar-refractivity contribution in [3.05, 3.63) is 18.5 Å². The van der Waals surface area contributed by atoms with Crippen LogP contribution in [0.3, 0.4) is 0 Å². The second-order valence-electron chi connectivity index (χ2n) is 7.21. The molecule has 0 bridgehead atoms. The summed E-state index contributed by atoms with van der Waals surface area (Å²) >= 11 is 0. The van der Waals surface area contributed by atoms with E-state index < -0.39 is 0 Å². The Kier molecular flexibility index (Phi) is 5.01. The molecule has 8 nitrogen and oxygen atoms in total. The minimum Gasteiger partial charge on any atom is -0.338 e. The molecule has 140 valence electrons. The van der Waals surface area contributed by atoms with Gasteiger partial charge in [0.25, 0.3) is 5.91 Å². The van der Waals surface area contributed by atoms with Crippen molar-refractivity contribution in [3.63, 3.8) is 0 Å². The molecule has 4 heterocycles. The van der Waals surface area contributed by atoms with Gasteiger partial charge in [-0.05, 0) is 38.3 Å². The van der Waals surface area contributed by atoms with Crippen molar-refractivity contribution >= 4 is 17.9 Å². The number of carbonyl (C=O) groups is 2. The van der Waals surface area contributed by atoms with Crippen LogP contribution in [0, 0.1) is 0 Å². The molecule has 0 aliphatic carbocycles. The van der Waals surface area contributed by atoms with Gasteiger partial charge in [0.15, 0.2) is 0 Å². The summed E-state index contributed by atoms with van der Waals surface area (Å²) in [6.07, 6.45) is 7.22. The summed E-state index contributed by atoms with van der Waals surface area (Å²) in [5, 5.41) is 0. The maximum atomic E-state index is 12.3. The third kappa shape index (κ3) is 3.38. The van der Waals surface area contributed by atoms with Crippen LogP contribution in [0.25, 0.3) is 0 Å². The summed E-state index contributed by atoms with van der Waals surface area (Å²) in [5.41, 5.74) is 0. The minimum atomic E-state index is -0.171. The van der Waals surface area contributed by atoms with E-state index in [2.05, 4.69) is 19.8 Å². The Morgan fingerprint density at radius 2 is 1.69 bits per heavy atom. The zero-order valence-corrected chi connectivity index (χ0v) is 15.1. The van der Waals surface area contributed by atoms with Gasteiger partial charge < -0.3 is 9.80 Å². The first kappa shape index (κ1) is 17.2. The molecule has 3 aliphatic rings. The van der Waals surface area contributed by atoms with Crippen LogP contribution in [0.2, 0.25) is 0 Å². The molecular formula is C18H26N6O2. The van der Waals surface area contributed by atoms with Crippen molar-refractivity contribution in [1.29, 1.82) is 0 Å². The van der Waals surface area contributed by atoms with E-state index in [-0.39, 0.29) is 18.0 Å². The lowest BCUT2D eigenvalue weighted by atomic mass is 10.2. The van der Waals surface area contributed by atoms with Gasteiger partial charge in [0.05, 0.1) is 0 Å². The predicted molar refractivity (Wildman–Crippen MR) is 96.8 cm³/mol. The van der Waals surface area contributed by atoms with Gasteiger partial charge in [-0.15, -0.1) is 0 Å². The number of anilines is 1. The van der Waals surface area contributed by atoms with Crippen molar-refractivity contribution in [3.8, 4) is 0 Å². The lowest BCUT2D eigenvalue weighted by Crippen LogP contribution is -2.47. The van der Waals surface area contributed by atoms with E-state index in [9.17, 15) is 9.59 Å². The maximum Gasteiger partial charge on any atom is 0.327 e. The molecule has 3 amide bonds. The predicted octanol–water partition coefficient (Wildman–Crippen LogP) is 0.805. The van der Waals surface area contributed by atoms with Crippen LogP contribution in [0.1, 0.15) is 25.7 Å². The number of aromatic nitrogens is 2. The molecule has 0 radical (unpaired) electrons. The number of hydrogen-bond donors (Lipinski definition) is 0. The first-order valence-corrected chi connectivity index (χ1v) is 9.60. The SMILES string of the molecule is O=C1[C@H]2CCCN2C(=O)N1CCCCN1CCN(c2ncccn2)CC1. The number of amides is 3. The number of unbranched alkanes of at least 4 members (excludes halogenated alkanes) is 1. The molecule has 3 aliphatic heterocycles. The molecule has 0 aromatic carbocycles. The number of piperazine rings is 1. The molecular weight excluding hydrogens is 332 g/mol. The second kappa shape index (κ2) is 7.57. The van der Waals surface area contributed by atoms with Crippen LogP contribution in [-0.4, -0.2) is 88.5 Å². The van der Waals surface area contributed by atoms with Crippen molar-refractivity contribution in [2.24, 2.45) is 0 Å². The topological polar surface area (TPSA) is 72.9 Å². The normalized spacial score (nSPS) is 23.8. The molecule has 0 N–H and O–H groups in total. The molecule has 0 spiro atoms. The van der Waals surface area contributed by atoms with Crippen LogP contribution < -0.4 is 4.90 Å².